The van der Waals surface area contributed by atoms with E-state index >= 15 is 0 Å². The molecule has 7 heteroatoms. The minimum atomic E-state index is -0.631. The van der Waals surface area contributed by atoms with Crippen molar-refractivity contribution in [2.75, 3.05) is 13.2 Å². The summed E-state index contributed by atoms with van der Waals surface area (Å²) in [6.45, 7) is 4.10. The molecule has 1 amide bonds. The van der Waals surface area contributed by atoms with Gasteiger partial charge in [0.25, 0.3) is 11.5 Å². The standard InChI is InChI=1S/C17H17N3O4/c1-2-7-18-15(21)10-24-17(23)11-5-6-12-13(9-11)19-14-4-3-8-20(14)16(12)22/h2,5-6,9H,1,3-4,7-8,10H2,(H,18,21). The van der Waals surface area contributed by atoms with E-state index in [2.05, 4.69) is 16.9 Å². The van der Waals surface area contributed by atoms with Crippen LogP contribution >= 0.6 is 0 Å². The highest BCUT2D eigenvalue weighted by atomic mass is 16.5. The molecule has 1 aromatic carbocycles. The minimum Gasteiger partial charge on any atom is -0.452 e. The fourth-order valence-electron chi connectivity index (χ4n) is 2.66. The normalized spacial score (nSPS) is 12.7. The molecule has 0 spiro atoms. The van der Waals surface area contributed by atoms with Crippen LogP contribution in [0.4, 0.5) is 0 Å². The molecule has 2 aromatic rings. The number of ether oxygens (including phenoxy) is 1. The van der Waals surface area contributed by atoms with E-state index in [0.717, 1.165) is 18.7 Å². The van der Waals surface area contributed by atoms with Crippen LogP contribution in [0.5, 0.6) is 0 Å². The molecule has 0 saturated heterocycles. The summed E-state index contributed by atoms with van der Waals surface area (Å²) < 4.78 is 6.63. The topological polar surface area (TPSA) is 90.3 Å². The number of esters is 1. The van der Waals surface area contributed by atoms with Gasteiger partial charge in [-0.15, -0.1) is 6.58 Å². The van der Waals surface area contributed by atoms with Crippen LogP contribution < -0.4 is 10.9 Å². The number of aryl methyl sites for hydroxylation is 1. The van der Waals surface area contributed by atoms with Crippen molar-refractivity contribution in [2.45, 2.75) is 19.4 Å². The first-order valence-electron chi connectivity index (χ1n) is 7.68. The van der Waals surface area contributed by atoms with Gasteiger partial charge in [0, 0.05) is 19.5 Å². The van der Waals surface area contributed by atoms with Crippen LogP contribution in [0.2, 0.25) is 0 Å². The molecule has 24 heavy (non-hydrogen) atoms. The maximum atomic E-state index is 12.4. The van der Waals surface area contributed by atoms with Gasteiger partial charge in [-0.05, 0) is 24.6 Å². The van der Waals surface area contributed by atoms with Crippen LogP contribution in [0.1, 0.15) is 22.6 Å². The van der Waals surface area contributed by atoms with E-state index in [0.29, 0.717) is 24.0 Å². The highest BCUT2D eigenvalue weighted by Gasteiger charge is 2.17. The van der Waals surface area contributed by atoms with Gasteiger partial charge >= 0.3 is 5.97 Å². The van der Waals surface area contributed by atoms with E-state index in [1.165, 1.54) is 18.2 Å². The van der Waals surface area contributed by atoms with Gasteiger partial charge in [0.2, 0.25) is 0 Å². The summed E-state index contributed by atoms with van der Waals surface area (Å²) in [4.78, 5) is 40.3. The molecule has 0 aliphatic carbocycles. The van der Waals surface area contributed by atoms with Gasteiger partial charge in [0.15, 0.2) is 6.61 Å². The van der Waals surface area contributed by atoms with E-state index in [1.807, 2.05) is 0 Å². The second-order valence-corrected chi connectivity index (χ2v) is 5.49. The Balaban J connectivity index is 1.79. The Morgan fingerprint density at radius 2 is 2.25 bits per heavy atom. The Bertz CT molecular complexity index is 885. The van der Waals surface area contributed by atoms with E-state index < -0.39 is 11.9 Å². The zero-order valence-electron chi connectivity index (χ0n) is 13.1. The van der Waals surface area contributed by atoms with Crippen molar-refractivity contribution in [3.05, 3.63) is 52.6 Å². The number of hydrogen-bond donors (Lipinski definition) is 1. The third-order valence-electron chi connectivity index (χ3n) is 3.83. The van der Waals surface area contributed by atoms with Gasteiger partial charge in [-0.2, -0.15) is 0 Å². The molecule has 1 aliphatic rings. The summed E-state index contributed by atoms with van der Waals surface area (Å²) in [5, 5.41) is 2.99. The summed E-state index contributed by atoms with van der Waals surface area (Å²) in [5.74, 6) is -0.298. The molecule has 0 radical (unpaired) electrons. The second kappa shape index (κ2) is 6.66. The average Bonchev–Trinajstić information content (AvgIpc) is 3.06. The molecule has 0 bridgehead atoms. The first-order chi connectivity index (χ1) is 11.6. The Morgan fingerprint density at radius 3 is 3.04 bits per heavy atom. The van der Waals surface area contributed by atoms with Gasteiger partial charge in [-0.3, -0.25) is 14.2 Å². The first-order valence-corrected chi connectivity index (χ1v) is 7.68. The molecule has 3 rings (SSSR count). The number of aromatic nitrogens is 2. The quantitative estimate of drug-likeness (QED) is 0.648. The zero-order chi connectivity index (χ0) is 17.1. The number of rotatable bonds is 5. The van der Waals surface area contributed by atoms with E-state index in [4.69, 9.17) is 4.74 Å². The smallest absolute Gasteiger partial charge is 0.338 e. The van der Waals surface area contributed by atoms with Gasteiger partial charge in [0.05, 0.1) is 16.5 Å². The summed E-state index contributed by atoms with van der Waals surface area (Å²) >= 11 is 0. The first kappa shape index (κ1) is 15.9. The number of fused-ring (bicyclic) bond motifs is 2. The van der Waals surface area contributed by atoms with Crippen molar-refractivity contribution in [3.8, 4) is 0 Å². The van der Waals surface area contributed by atoms with Crippen LogP contribution in [0.15, 0.2) is 35.6 Å². The van der Waals surface area contributed by atoms with Crippen LogP contribution in [0.3, 0.4) is 0 Å². The third-order valence-corrected chi connectivity index (χ3v) is 3.83. The predicted octanol–water partition coefficient (Wildman–Crippen LogP) is 0.802. The SMILES string of the molecule is C=CCNC(=O)COC(=O)c1ccc2c(=O)n3c(nc2c1)CCC3. The highest BCUT2D eigenvalue weighted by Crippen LogP contribution is 2.16. The number of carbonyl (C=O) groups excluding carboxylic acids is 2. The maximum Gasteiger partial charge on any atom is 0.338 e. The molecule has 0 atom stereocenters. The minimum absolute atomic E-state index is 0.0868. The van der Waals surface area contributed by atoms with Crippen molar-refractivity contribution in [3.63, 3.8) is 0 Å². The number of hydrogen-bond acceptors (Lipinski definition) is 5. The average molecular weight is 327 g/mol. The highest BCUT2D eigenvalue weighted by molar-refractivity contribution is 5.95. The number of nitrogens with one attached hydrogen (secondary N) is 1. The van der Waals surface area contributed by atoms with E-state index in [9.17, 15) is 14.4 Å². The Labute approximate surface area is 137 Å². The second-order valence-electron chi connectivity index (χ2n) is 5.49. The number of amides is 1. The van der Waals surface area contributed by atoms with E-state index in [-0.39, 0.29) is 17.7 Å². The number of nitrogens with zero attached hydrogens (tertiary/aromatic N) is 2. The molecule has 0 fully saturated rings. The molecule has 0 unspecified atom stereocenters. The van der Waals surface area contributed by atoms with Crippen LogP contribution in [-0.4, -0.2) is 34.6 Å². The van der Waals surface area contributed by atoms with Gasteiger partial charge < -0.3 is 10.1 Å². The number of carbonyl (C=O) groups is 2. The summed E-state index contributed by atoms with van der Waals surface area (Å²) in [6, 6.07) is 4.61. The molecule has 1 aliphatic heterocycles. The van der Waals surface area contributed by atoms with Crippen molar-refractivity contribution < 1.29 is 14.3 Å². The van der Waals surface area contributed by atoms with Crippen molar-refractivity contribution in [1.82, 2.24) is 14.9 Å². The summed E-state index contributed by atoms with van der Waals surface area (Å²) in [7, 11) is 0. The fourth-order valence-corrected chi connectivity index (χ4v) is 2.66. The Kier molecular flexibility index (Phi) is 4.41. The number of benzene rings is 1. The molecular weight excluding hydrogens is 310 g/mol. The van der Waals surface area contributed by atoms with Crippen molar-refractivity contribution >= 4 is 22.8 Å². The lowest BCUT2D eigenvalue weighted by molar-refractivity contribution is -0.124. The van der Waals surface area contributed by atoms with Crippen LogP contribution in [-0.2, 0) is 22.5 Å². The van der Waals surface area contributed by atoms with Crippen molar-refractivity contribution in [1.29, 1.82) is 0 Å². The van der Waals surface area contributed by atoms with Gasteiger partial charge in [-0.1, -0.05) is 6.08 Å². The van der Waals surface area contributed by atoms with Crippen molar-refractivity contribution in [2.24, 2.45) is 0 Å². The summed E-state index contributed by atoms with van der Waals surface area (Å²) in [6.07, 6.45) is 3.18. The molecule has 2 heterocycles. The molecule has 1 aromatic heterocycles. The molecule has 0 saturated carbocycles. The molecular formula is C17H17N3O4. The fraction of sp³-hybridized carbons (Fsp3) is 0.294. The Morgan fingerprint density at radius 1 is 1.42 bits per heavy atom. The molecule has 7 nitrogen and oxygen atoms in total. The van der Waals surface area contributed by atoms with Crippen LogP contribution in [0.25, 0.3) is 10.9 Å². The van der Waals surface area contributed by atoms with E-state index in [1.54, 1.807) is 10.6 Å². The molecule has 124 valence electrons. The largest absolute Gasteiger partial charge is 0.452 e. The lowest BCUT2D eigenvalue weighted by atomic mass is 10.1. The molecule has 1 N–H and O–H groups in total. The third kappa shape index (κ3) is 3.05. The van der Waals surface area contributed by atoms with Gasteiger partial charge in [-0.25, -0.2) is 9.78 Å². The Hall–Kier alpha value is -2.96. The van der Waals surface area contributed by atoms with Crippen LogP contribution in [0, 0.1) is 0 Å². The lowest BCUT2D eigenvalue weighted by Gasteiger charge is -2.07. The maximum absolute atomic E-state index is 12.4. The summed E-state index contributed by atoms with van der Waals surface area (Å²) in [5.41, 5.74) is 0.642. The monoisotopic (exact) mass is 327 g/mol. The van der Waals surface area contributed by atoms with Gasteiger partial charge in [0.1, 0.15) is 5.82 Å². The lowest BCUT2D eigenvalue weighted by Crippen LogP contribution is -2.28. The predicted molar refractivity (Wildman–Crippen MR) is 87.8 cm³/mol. The zero-order valence-corrected chi connectivity index (χ0v) is 13.1.